The number of carbonyl (C=O) groups is 1. The number of carbonyl (C=O) groups excluding carboxylic acids is 1. The maximum atomic E-state index is 12.2. The van der Waals surface area contributed by atoms with Crippen LogP contribution in [0.2, 0.25) is 0 Å². The number of benzene rings is 1. The predicted octanol–water partition coefficient (Wildman–Crippen LogP) is 5.16. The van der Waals surface area contributed by atoms with Crippen LogP contribution in [0.3, 0.4) is 0 Å². The summed E-state index contributed by atoms with van der Waals surface area (Å²) in [5, 5.41) is 4.14. The standard InChI is InChI=1S/C22H24N2O2/c1-15-5-6-17(14-23-15)21(25)12-11-19-13-20(24-26-19)16-7-9-18(10-8-16)22(2,3)4/h5-10,13-14H,11-12H2,1-4H3. The second kappa shape index (κ2) is 7.24. The van der Waals surface area contributed by atoms with Crippen molar-refractivity contribution < 1.29 is 9.32 Å². The first-order valence-electron chi connectivity index (χ1n) is 8.85. The number of aromatic nitrogens is 2. The van der Waals surface area contributed by atoms with Crippen LogP contribution in [-0.2, 0) is 11.8 Å². The van der Waals surface area contributed by atoms with Gasteiger partial charge in [-0.15, -0.1) is 0 Å². The Morgan fingerprint density at radius 1 is 1.08 bits per heavy atom. The summed E-state index contributed by atoms with van der Waals surface area (Å²) in [7, 11) is 0. The Morgan fingerprint density at radius 3 is 2.42 bits per heavy atom. The molecule has 0 fully saturated rings. The molecule has 1 aromatic carbocycles. The minimum Gasteiger partial charge on any atom is -0.361 e. The van der Waals surface area contributed by atoms with Gasteiger partial charge in [0.05, 0.1) is 0 Å². The first-order valence-corrected chi connectivity index (χ1v) is 8.85. The number of hydrogen-bond acceptors (Lipinski definition) is 4. The molecule has 0 radical (unpaired) electrons. The number of rotatable bonds is 5. The molecule has 0 N–H and O–H groups in total. The van der Waals surface area contributed by atoms with Gasteiger partial charge < -0.3 is 4.52 Å². The molecule has 2 aromatic heterocycles. The average molecular weight is 348 g/mol. The zero-order chi connectivity index (χ0) is 18.7. The number of ketones is 1. The van der Waals surface area contributed by atoms with E-state index in [9.17, 15) is 4.79 Å². The first-order chi connectivity index (χ1) is 12.3. The molecule has 0 unspecified atom stereocenters. The summed E-state index contributed by atoms with van der Waals surface area (Å²) in [5.41, 5.74) is 4.75. The zero-order valence-electron chi connectivity index (χ0n) is 15.7. The Kier molecular flexibility index (Phi) is 5.03. The summed E-state index contributed by atoms with van der Waals surface area (Å²) >= 11 is 0. The molecule has 0 aliphatic carbocycles. The van der Waals surface area contributed by atoms with Gasteiger partial charge in [-0.25, -0.2) is 0 Å². The minimum atomic E-state index is 0.0602. The summed E-state index contributed by atoms with van der Waals surface area (Å²) in [4.78, 5) is 16.4. The molecule has 4 nitrogen and oxygen atoms in total. The number of aryl methyl sites for hydroxylation is 2. The highest BCUT2D eigenvalue weighted by atomic mass is 16.5. The van der Waals surface area contributed by atoms with Gasteiger partial charge in [0.2, 0.25) is 0 Å². The van der Waals surface area contributed by atoms with Gasteiger partial charge >= 0.3 is 0 Å². The number of Topliss-reactive ketones (excluding diaryl/α,β-unsaturated/α-hetero) is 1. The van der Waals surface area contributed by atoms with Crippen LogP contribution in [0, 0.1) is 6.92 Å². The van der Waals surface area contributed by atoms with E-state index in [2.05, 4.69) is 55.2 Å². The lowest BCUT2D eigenvalue weighted by Gasteiger charge is -2.18. The van der Waals surface area contributed by atoms with Crippen molar-refractivity contribution in [2.45, 2.75) is 46.0 Å². The van der Waals surface area contributed by atoms with Crippen LogP contribution in [0.1, 0.15) is 54.6 Å². The predicted molar refractivity (Wildman–Crippen MR) is 102 cm³/mol. The third-order valence-electron chi connectivity index (χ3n) is 4.44. The van der Waals surface area contributed by atoms with Gasteiger partial charge in [-0.2, -0.15) is 0 Å². The van der Waals surface area contributed by atoms with Gasteiger partial charge in [-0.05, 0) is 30.0 Å². The molecule has 134 valence electrons. The van der Waals surface area contributed by atoms with Crippen molar-refractivity contribution in [2.24, 2.45) is 0 Å². The van der Waals surface area contributed by atoms with E-state index in [1.165, 1.54) is 5.56 Å². The summed E-state index contributed by atoms with van der Waals surface area (Å²) in [6, 6.07) is 13.9. The molecule has 0 bridgehead atoms. The molecule has 0 spiro atoms. The molecule has 4 heteroatoms. The smallest absolute Gasteiger partial charge is 0.164 e. The Hall–Kier alpha value is -2.75. The summed E-state index contributed by atoms with van der Waals surface area (Å²) in [6.45, 7) is 8.47. The topological polar surface area (TPSA) is 56.0 Å². The molecule has 3 aromatic rings. The fraction of sp³-hybridized carbons (Fsp3) is 0.318. The van der Waals surface area contributed by atoms with E-state index < -0.39 is 0 Å². The van der Waals surface area contributed by atoms with E-state index in [0.717, 1.165) is 17.0 Å². The van der Waals surface area contributed by atoms with Gasteiger partial charge in [0.1, 0.15) is 11.5 Å². The van der Waals surface area contributed by atoms with Gasteiger partial charge in [0.25, 0.3) is 0 Å². The van der Waals surface area contributed by atoms with Gasteiger partial charge in [-0.3, -0.25) is 9.78 Å². The largest absolute Gasteiger partial charge is 0.361 e. The van der Waals surface area contributed by atoms with Crippen LogP contribution < -0.4 is 0 Å². The quantitative estimate of drug-likeness (QED) is 0.598. The van der Waals surface area contributed by atoms with E-state index >= 15 is 0 Å². The van der Waals surface area contributed by atoms with Crippen molar-refractivity contribution in [2.75, 3.05) is 0 Å². The fourth-order valence-electron chi connectivity index (χ4n) is 2.72. The lowest BCUT2D eigenvalue weighted by molar-refractivity contribution is 0.0980. The van der Waals surface area contributed by atoms with Crippen LogP contribution in [0.15, 0.2) is 53.2 Å². The van der Waals surface area contributed by atoms with Crippen LogP contribution in [-0.4, -0.2) is 15.9 Å². The highest BCUT2D eigenvalue weighted by Crippen LogP contribution is 2.26. The van der Waals surface area contributed by atoms with E-state index in [0.29, 0.717) is 24.2 Å². The number of nitrogens with zero attached hydrogens (tertiary/aromatic N) is 2. The lowest BCUT2D eigenvalue weighted by Crippen LogP contribution is -2.10. The summed E-state index contributed by atoms with van der Waals surface area (Å²) in [5.74, 6) is 0.776. The second-order valence-corrected chi connectivity index (χ2v) is 7.62. The van der Waals surface area contributed by atoms with Crippen LogP contribution in [0.25, 0.3) is 11.3 Å². The Bertz CT molecular complexity index is 885. The normalized spacial score (nSPS) is 11.5. The van der Waals surface area contributed by atoms with Gasteiger partial charge in [-0.1, -0.05) is 50.2 Å². The summed E-state index contributed by atoms with van der Waals surface area (Å²) < 4.78 is 5.40. The highest BCUT2D eigenvalue weighted by Gasteiger charge is 2.14. The van der Waals surface area contributed by atoms with Crippen molar-refractivity contribution >= 4 is 5.78 Å². The maximum Gasteiger partial charge on any atom is 0.164 e. The number of hydrogen-bond donors (Lipinski definition) is 0. The Labute approximate surface area is 154 Å². The molecule has 2 heterocycles. The molecule has 0 aliphatic rings. The molecule has 3 rings (SSSR count). The molecule has 26 heavy (non-hydrogen) atoms. The lowest BCUT2D eigenvalue weighted by atomic mass is 9.86. The summed E-state index contributed by atoms with van der Waals surface area (Å²) in [6.07, 6.45) is 2.53. The zero-order valence-corrected chi connectivity index (χ0v) is 15.7. The van der Waals surface area contributed by atoms with E-state index in [4.69, 9.17) is 4.52 Å². The molecule has 0 amide bonds. The van der Waals surface area contributed by atoms with E-state index in [-0.39, 0.29) is 11.2 Å². The monoisotopic (exact) mass is 348 g/mol. The molecule has 0 atom stereocenters. The van der Waals surface area contributed by atoms with Crippen molar-refractivity contribution in [3.8, 4) is 11.3 Å². The van der Waals surface area contributed by atoms with Crippen molar-refractivity contribution in [3.05, 3.63) is 71.2 Å². The molecular weight excluding hydrogens is 324 g/mol. The molecule has 0 saturated heterocycles. The van der Waals surface area contributed by atoms with E-state index in [1.807, 2.05) is 25.1 Å². The van der Waals surface area contributed by atoms with Crippen molar-refractivity contribution in [3.63, 3.8) is 0 Å². The SMILES string of the molecule is Cc1ccc(C(=O)CCc2cc(-c3ccc(C(C)(C)C)cc3)no2)cn1. The van der Waals surface area contributed by atoms with Crippen molar-refractivity contribution in [1.82, 2.24) is 10.1 Å². The highest BCUT2D eigenvalue weighted by molar-refractivity contribution is 5.95. The Balaban J connectivity index is 1.64. The van der Waals surface area contributed by atoms with Crippen molar-refractivity contribution in [1.29, 1.82) is 0 Å². The second-order valence-electron chi connectivity index (χ2n) is 7.62. The maximum absolute atomic E-state index is 12.2. The van der Waals surface area contributed by atoms with Gasteiger partial charge in [0, 0.05) is 41.9 Å². The molecular formula is C22H24N2O2. The minimum absolute atomic E-state index is 0.0602. The Morgan fingerprint density at radius 2 is 1.81 bits per heavy atom. The third kappa shape index (κ3) is 4.26. The van der Waals surface area contributed by atoms with Crippen LogP contribution in [0.5, 0.6) is 0 Å². The average Bonchev–Trinajstić information content (AvgIpc) is 3.09. The molecule has 0 saturated carbocycles. The number of pyridine rings is 1. The van der Waals surface area contributed by atoms with Crippen LogP contribution >= 0.6 is 0 Å². The molecule has 0 aliphatic heterocycles. The van der Waals surface area contributed by atoms with Crippen LogP contribution in [0.4, 0.5) is 0 Å². The third-order valence-corrected chi connectivity index (χ3v) is 4.44. The van der Waals surface area contributed by atoms with E-state index in [1.54, 1.807) is 6.20 Å². The van der Waals surface area contributed by atoms with Gasteiger partial charge in [0.15, 0.2) is 5.78 Å². The fourth-order valence-corrected chi connectivity index (χ4v) is 2.72. The first kappa shape index (κ1) is 18.1.